The van der Waals surface area contributed by atoms with Gasteiger partial charge in [0.05, 0.1) is 31.6 Å². The number of piperazine rings is 1. The smallest absolute Gasteiger partial charge is 0.339 e. The predicted octanol–water partition coefficient (Wildman–Crippen LogP) is 9.54. The minimum Gasteiger partial charge on any atom is -0.476 e. The second kappa shape index (κ2) is 16.7. The molecule has 0 amide bonds. The molecule has 0 radical (unpaired) electrons. The molecular weight excluding hydrogens is 726 g/mol. The summed E-state index contributed by atoms with van der Waals surface area (Å²) >= 11 is 6.25. The highest BCUT2D eigenvalue weighted by Gasteiger charge is 2.31. The summed E-state index contributed by atoms with van der Waals surface area (Å²) in [4.78, 5) is 25.6. The highest BCUT2D eigenvalue weighted by molar-refractivity contribution is 6.76. The number of anilines is 3. The Hall–Kier alpha value is -3.83. The Bertz CT molecular complexity index is 2010. The largest absolute Gasteiger partial charge is 0.476 e. The van der Waals surface area contributed by atoms with Crippen molar-refractivity contribution in [2.24, 2.45) is 5.41 Å². The number of halogens is 1. The second-order valence-electron chi connectivity index (χ2n) is 17.4. The number of esters is 1. The highest BCUT2D eigenvalue weighted by Crippen LogP contribution is 2.44. The van der Waals surface area contributed by atoms with Crippen molar-refractivity contribution >= 4 is 59.3 Å². The summed E-state index contributed by atoms with van der Waals surface area (Å²) in [6.45, 7) is 20.0. The molecule has 2 aromatic heterocycles. The van der Waals surface area contributed by atoms with Crippen molar-refractivity contribution in [3.63, 3.8) is 0 Å². The molecule has 4 heterocycles. The van der Waals surface area contributed by atoms with Crippen molar-refractivity contribution in [2.45, 2.75) is 71.8 Å². The maximum absolute atomic E-state index is 13.3. The molecule has 1 fully saturated rings. The fraction of sp³-hybridized carbons (Fsp3) is 0.500. The van der Waals surface area contributed by atoms with Gasteiger partial charge >= 0.3 is 5.97 Å². The van der Waals surface area contributed by atoms with Crippen LogP contribution in [0.25, 0.3) is 16.6 Å². The van der Waals surface area contributed by atoms with Gasteiger partial charge in [0.1, 0.15) is 11.3 Å². The fourth-order valence-electron chi connectivity index (χ4n) is 8.19. The van der Waals surface area contributed by atoms with E-state index in [9.17, 15) is 4.79 Å². The molecule has 0 bridgehead atoms. The molecule has 1 aliphatic carbocycles. The van der Waals surface area contributed by atoms with E-state index in [1.165, 1.54) is 24.7 Å². The van der Waals surface area contributed by atoms with Crippen LogP contribution in [0.3, 0.4) is 0 Å². The molecule has 7 rings (SSSR count). The van der Waals surface area contributed by atoms with Crippen LogP contribution in [-0.2, 0) is 16.0 Å². The van der Waals surface area contributed by atoms with Gasteiger partial charge in [0, 0.05) is 82.8 Å². The van der Waals surface area contributed by atoms with Crippen LogP contribution >= 0.6 is 11.6 Å². The molecule has 9 nitrogen and oxygen atoms in total. The van der Waals surface area contributed by atoms with E-state index in [1.807, 2.05) is 18.2 Å². The van der Waals surface area contributed by atoms with E-state index >= 15 is 0 Å². The first-order chi connectivity index (χ1) is 26.4. The summed E-state index contributed by atoms with van der Waals surface area (Å²) in [6, 6.07) is 20.0. The predicted molar refractivity (Wildman–Crippen MR) is 228 cm³/mol. The number of carbonyl (C=O) groups excluding carboxylic acids is 1. The molecule has 3 aliphatic rings. The molecule has 0 unspecified atom stereocenters. The summed E-state index contributed by atoms with van der Waals surface area (Å²) in [5, 5.41) is 1.81. The van der Waals surface area contributed by atoms with Crippen LogP contribution in [0.1, 0.15) is 55.5 Å². The maximum Gasteiger partial charge on any atom is 0.339 e. The zero-order valence-corrected chi connectivity index (χ0v) is 35.4. The van der Waals surface area contributed by atoms with Gasteiger partial charge in [0.15, 0.2) is 0 Å². The molecule has 0 atom stereocenters. The van der Waals surface area contributed by atoms with Crippen molar-refractivity contribution < 1.29 is 19.0 Å². The number of hydrogen-bond donors (Lipinski definition) is 0. The minimum atomic E-state index is -1.13. The highest BCUT2D eigenvalue weighted by atomic mass is 35.5. The van der Waals surface area contributed by atoms with Gasteiger partial charge in [-0.15, -0.1) is 0 Å². The van der Waals surface area contributed by atoms with Crippen molar-refractivity contribution in [1.29, 1.82) is 0 Å². The summed E-state index contributed by atoms with van der Waals surface area (Å²) in [5.41, 5.74) is 8.85. The van der Waals surface area contributed by atoms with Crippen LogP contribution < -0.4 is 14.5 Å². The van der Waals surface area contributed by atoms with Crippen LogP contribution in [0.15, 0.2) is 66.4 Å². The van der Waals surface area contributed by atoms with E-state index in [0.717, 1.165) is 104 Å². The number of benzene rings is 2. The first kappa shape index (κ1) is 39.4. The number of ether oxygens (including phenoxy) is 3. The molecule has 11 heteroatoms. The van der Waals surface area contributed by atoms with E-state index < -0.39 is 8.07 Å². The van der Waals surface area contributed by atoms with Crippen LogP contribution in [0.4, 0.5) is 17.1 Å². The van der Waals surface area contributed by atoms with Crippen molar-refractivity contribution in [1.82, 2.24) is 14.5 Å². The van der Waals surface area contributed by atoms with Gasteiger partial charge in [-0.1, -0.05) is 62.8 Å². The van der Waals surface area contributed by atoms with Gasteiger partial charge in [-0.25, -0.2) is 4.79 Å². The lowest BCUT2D eigenvalue weighted by Crippen LogP contribution is -2.47. The monoisotopic (exact) mass is 783 g/mol. The summed E-state index contributed by atoms with van der Waals surface area (Å²) < 4.78 is 19.7. The number of aromatic nitrogens is 2. The molecular formula is C44H58ClN5O4Si. The van der Waals surface area contributed by atoms with E-state index in [2.05, 4.69) is 95.4 Å². The average Bonchev–Trinajstić information content (AvgIpc) is 3.43. The Morgan fingerprint density at radius 1 is 0.964 bits per heavy atom. The lowest BCUT2D eigenvalue weighted by molar-refractivity contribution is 0.0601. The molecule has 4 aromatic rings. The molecule has 0 N–H and O–H groups in total. The van der Waals surface area contributed by atoms with Crippen molar-refractivity contribution in [2.75, 3.05) is 76.0 Å². The Labute approximate surface area is 333 Å². The second-order valence-corrected chi connectivity index (χ2v) is 23.5. The number of pyridine rings is 1. The van der Waals surface area contributed by atoms with Crippen molar-refractivity contribution in [3.8, 4) is 5.88 Å². The zero-order chi connectivity index (χ0) is 38.7. The molecule has 0 saturated carbocycles. The van der Waals surface area contributed by atoms with Crippen LogP contribution in [0.2, 0.25) is 30.7 Å². The fourth-order valence-corrected chi connectivity index (χ4v) is 9.07. The average molecular weight is 785 g/mol. The molecule has 1 saturated heterocycles. The number of carbonyl (C=O) groups is 1. The normalized spacial score (nSPS) is 17.9. The Morgan fingerprint density at radius 3 is 2.49 bits per heavy atom. The third-order valence-corrected chi connectivity index (χ3v) is 13.4. The van der Waals surface area contributed by atoms with Crippen LogP contribution in [0, 0.1) is 5.41 Å². The van der Waals surface area contributed by atoms with E-state index in [4.69, 9.17) is 30.8 Å². The summed E-state index contributed by atoms with van der Waals surface area (Å²) in [6.07, 6.45) is 6.28. The lowest BCUT2D eigenvalue weighted by atomic mass is 9.73. The van der Waals surface area contributed by atoms with E-state index in [-0.39, 0.29) is 5.97 Å². The van der Waals surface area contributed by atoms with Gasteiger partial charge in [-0.2, -0.15) is 4.98 Å². The number of allylic oxidation sites excluding steroid dienone is 1. The summed E-state index contributed by atoms with van der Waals surface area (Å²) in [7, 11) is 0.315. The number of nitrogens with zero attached hydrogens (tertiary/aromatic N) is 5. The molecule has 2 aliphatic heterocycles. The van der Waals surface area contributed by atoms with Gasteiger partial charge in [0.25, 0.3) is 0 Å². The number of fused-ring (bicyclic) bond motifs is 2. The first-order valence-corrected chi connectivity index (χ1v) is 24.1. The van der Waals surface area contributed by atoms with E-state index in [0.29, 0.717) is 36.6 Å². The molecule has 55 heavy (non-hydrogen) atoms. The topological polar surface area (TPSA) is 72.3 Å². The third kappa shape index (κ3) is 9.42. The third-order valence-electron chi connectivity index (χ3n) is 11.4. The van der Waals surface area contributed by atoms with Gasteiger partial charge in [-0.3, -0.25) is 4.90 Å². The molecule has 2 aromatic carbocycles. The SMILES string of the molecule is COC(=O)c1ccc(N2CCN(CC3=C(c4ccc(Cl)cc4)CCC(C)(C)C3)CC2)cc1N1CCCOc2nc3c(ccn3CCOCC[Si](C)(C)C)cc21. The molecule has 294 valence electrons. The van der Waals surface area contributed by atoms with Crippen molar-refractivity contribution in [3.05, 3.63) is 82.5 Å². The summed E-state index contributed by atoms with van der Waals surface area (Å²) in [5.74, 6) is 0.227. The lowest BCUT2D eigenvalue weighted by Gasteiger charge is -2.40. The van der Waals surface area contributed by atoms with Gasteiger partial charge < -0.3 is 28.6 Å². The Kier molecular flexibility index (Phi) is 12.0. The zero-order valence-electron chi connectivity index (χ0n) is 33.6. The number of methoxy groups -OCH3 is 1. The maximum atomic E-state index is 13.3. The van der Waals surface area contributed by atoms with Crippen LogP contribution in [-0.4, -0.2) is 94.7 Å². The number of rotatable bonds is 12. The molecule has 0 spiro atoms. The Morgan fingerprint density at radius 2 is 1.75 bits per heavy atom. The van der Waals surface area contributed by atoms with Crippen LogP contribution in [0.5, 0.6) is 5.88 Å². The standard InChI is InChI=1S/C44H58ClN5O4Si/c1-44(2)16-14-37(32-8-10-35(45)11-9-32)34(30-44)31-47-19-21-48(22-20-47)36-12-13-38(43(51)52-3)39(29-36)50-17-7-24-54-42-40(50)28-33-15-18-49(41(33)46-42)23-25-53-26-27-55(4,5)6/h8-13,15,18,28-29H,7,14,16-17,19-27,30-31H2,1-6H3. The first-order valence-electron chi connectivity index (χ1n) is 20.0. The van der Waals surface area contributed by atoms with Gasteiger partial charge in [0.2, 0.25) is 5.88 Å². The quantitative estimate of drug-likeness (QED) is 0.0800. The van der Waals surface area contributed by atoms with Gasteiger partial charge in [-0.05, 0) is 90.7 Å². The minimum absolute atomic E-state index is 0.300. The van der Waals surface area contributed by atoms with E-state index in [1.54, 1.807) is 5.57 Å². The number of hydrogen-bond acceptors (Lipinski definition) is 8. The Balaban J connectivity index is 1.10.